The van der Waals surface area contributed by atoms with Crippen molar-refractivity contribution < 1.29 is 19.4 Å². The number of allylic oxidation sites excluding steroid dienone is 1. The highest BCUT2D eigenvalue weighted by molar-refractivity contribution is 5.91. The molecule has 1 rings (SSSR count). The van der Waals surface area contributed by atoms with Crippen LogP contribution in [0.1, 0.15) is 5.56 Å². The molecule has 0 aliphatic rings. The number of ether oxygens (including phenoxy) is 1. The van der Waals surface area contributed by atoms with Crippen molar-refractivity contribution >= 4 is 11.9 Å². The van der Waals surface area contributed by atoms with E-state index in [0.29, 0.717) is 12.2 Å². The summed E-state index contributed by atoms with van der Waals surface area (Å²) in [5, 5.41) is 8.36. The average molecular weight is 232 g/mol. The Bertz CT molecular complexity index is 460. The zero-order valence-electron chi connectivity index (χ0n) is 9.13. The van der Waals surface area contributed by atoms with Gasteiger partial charge < -0.3 is 9.84 Å². The molecule has 1 N–H and O–H groups in total. The standard InChI is InChI=1S/C13H12O4/c1-2-5-10-6-3-4-7-11(10)17-13(16)9-8-12(14)15/h2-4,6-9H,1,5H2,(H,14,15)/b9-8+. The minimum Gasteiger partial charge on any atom is -0.478 e. The SMILES string of the molecule is C=CCc1ccccc1OC(=O)/C=C/C(=O)O. The third-order valence-corrected chi connectivity index (χ3v) is 1.91. The Balaban J connectivity index is 2.77. The number of para-hydroxylation sites is 1. The van der Waals surface area contributed by atoms with E-state index in [2.05, 4.69) is 6.58 Å². The largest absolute Gasteiger partial charge is 0.478 e. The summed E-state index contributed by atoms with van der Waals surface area (Å²) in [5.74, 6) is -1.50. The van der Waals surface area contributed by atoms with E-state index in [-0.39, 0.29) is 0 Å². The maximum Gasteiger partial charge on any atom is 0.336 e. The fourth-order valence-electron chi connectivity index (χ4n) is 1.21. The fourth-order valence-corrected chi connectivity index (χ4v) is 1.21. The van der Waals surface area contributed by atoms with Gasteiger partial charge in [0.1, 0.15) is 5.75 Å². The summed E-state index contributed by atoms with van der Waals surface area (Å²) in [7, 11) is 0. The van der Waals surface area contributed by atoms with E-state index < -0.39 is 11.9 Å². The monoisotopic (exact) mass is 232 g/mol. The number of carbonyl (C=O) groups excluding carboxylic acids is 1. The van der Waals surface area contributed by atoms with E-state index in [0.717, 1.165) is 17.7 Å². The van der Waals surface area contributed by atoms with Crippen molar-refractivity contribution in [3.05, 3.63) is 54.6 Å². The first-order valence-electron chi connectivity index (χ1n) is 4.95. The first-order valence-corrected chi connectivity index (χ1v) is 4.95. The zero-order valence-corrected chi connectivity index (χ0v) is 9.13. The first-order chi connectivity index (χ1) is 8.13. The molecule has 0 saturated heterocycles. The quantitative estimate of drug-likeness (QED) is 0.365. The van der Waals surface area contributed by atoms with Gasteiger partial charge in [-0.05, 0) is 18.1 Å². The van der Waals surface area contributed by atoms with E-state index in [1.165, 1.54) is 0 Å². The molecule has 4 nitrogen and oxygen atoms in total. The van der Waals surface area contributed by atoms with Gasteiger partial charge in [0.05, 0.1) is 0 Å². The van der Waals surface area contributed by atoms with Crippen molar-refractivity contribution in [2.45, 2.75) is 6.42 Å². The van der Waals surface area contributed by atoms with Gasteiger partial charge in [-0.25, -0.2) is 9.59 Å². The summed E-state index contributed by atoms with van der Waals surface area (Å²) < 4.78 is 5.01. The van der Waals surface area contributed by atoms with Gasteiger partial charge in [0.15, 0.2) is 0 Å². The molecule has 17 heavy (non-hydrogen) atoms. The molecule has 0 saturated carbocycles. The van der Waals surface area contributed by atoms with Crippen molar-refractivity contribution in [3.8, 4) is 5.75 Å². The van der Waals surface area contributed by atoms with Crippen LogP contribution in [0.3, 0.4) is 0 Å². The molecule has 4 heteroatoms. The lowest BCUT2D eigenvalue weighted by molar-refractivity contribution is -0.133. The molecule has 0 amide bonds. The Labute approximate surface area is 98.8 Å². The second kappa shape index (κ2) is 6.27. The number of esters is 1. The van der Waals surface area contributed by atoms with Crippen LogP contribution in [0.2, 0.25) is 0 Å². The van der Waals surface area contributed by atoms with Crippen LogP contribution in [0.15, 0.2) is 49.1 Å². The molecule has 0 aliphatic heterocycles. The highest BCUT2D eigenvalue weighted by atomic mass is 16.5. The Morgan fingerprint density at radius 2 is 2.00 bits per heavy atom. The summed E-state index contributed by atoms with van der Waals surface area (Å²) >= 11 is 0. The van der Waals surface area contributed by atoms with E-state index in [1.807, 2.05) is 12.1 Å². The summed E-state index contributed by atoms with van der Waals surface area (Å²) in [6.07, 6.45) is 3.87. The molecule has 0 radical (unpaired) electrons. The van der Waals surface area contributed by atoms with Gasteiger partial charge in [-0.15, -0.1) is 6.58 Å². The van der Waals surface area contributed by atoms with Crippen molar-refractivity contribution in [1.82, 2.24) is 0 Å². The van der Waals surface area contributed by atoms with Crippen molar-refractivity contribution in [3.63, 3.8) is 0 Å². The number of aliphatic carboxylic acids is 1. The lowest BCUT2D eigenvalue weighted by Gasteiger charge is -2.06. The van der Waals surface area contributed by atoms with Gasteiger partial charge in [-0.3, -0.25) is 0 Å². The number of carboxylic acid groups (broad SMARTS) is 1. The van der Waals surface area contributed by atoms with Gasteiger partial charge in [0.2, 0.25) is 0 Å². The topological polar surface area (TPSA) is 63.6 Å². The predicted molar refractivity (Wildman–Crippen MR) is 62.8 cm³/mol. The average Bonchev–Trinajstić information content (AvgIpc) is 2.29. The van der Waals surface area contributed by atoms with Crippen LogP contribution in [0.25, 0.3) is 0 Å². The van der Waals surface area contributed by atoms with Gasteiger partial charge in [-0.1, -0.05) is 24.3 Å². The minimum atomic E-state index is -1.19. The number of hydrogen-bond donors (Lipinski definition) is 1. The molecule has 0 aliphatic carbocycles. The zero-order chi connectivity index (χ0) is 12.7. The molecule has 0 fully saturated rings. The number of benzene rings is 1. The van der Waals surface area contributed by atoms with Crippen LogP contribution in [0.5, 0.6) is 5.75 Å². The number of carbonyl (C=O) groups is 2. The molecule has 0 aromatic heterocycles. The minimum absolute atomic E-state index is 0.410. The molecule has 0 spiro atoms. The second-order valence-corrected chi connectivity index (χ2v) is 3.19. The Hall–Kier alpha value is -2.36. The maximum atomic E-state index is 11.3. The number of rotatable bonds is 5. The third kappa shape index (κ3) is 4.34. The van der Waals surface area contributed by atoms with Crippen molar-refractivity contribution in [2.24, 2.45) is 0 Å². The molecule has 0 unspecified atom stereocenters. The van der Waals surface area contributed by atoms with E-state index in [1.54, 1.807) is 18.2 Å². The predicted octanol–water partition coefficient (Wildman–Crippen LogP) is 1.96. The Morgan fingerprint density at radius 1 is 1.29 bits per heavy atom. The van der Waals surface area contributed by atoms with Crippen molar-refractivity contribution in [2.75, 3.05) is 0 Å². The van der Waals surface area contributed by atoms with Crippen LogP contribution < -0.4 is 4.74 Å². The first kappa shape index (κ1) is 12.7. The number of carboxylic acids is 1. The number of hydrogen-bond acceptors (Lipinski definition) is 3. The molecular weight excluding hydrogens is 220 g/mol. The molecule has 1 aromatic carbocycles. The van der Waals surface area contributed by atoms with Crippen LogP contribution in [-0.2, 0) is 16.0 Å². The fraction of sp³-hybridized carbons (Fsp3) is 0.0769. The molecule has 88 valence electrons. The van der Waals surface area contributed by atoms with Gasteiger partial charge in [-0.2, -0.15) is 0 Å². The van der Waals surface area contributed by atoms with E-state index in [9.17, 15) is 9.59 Å². The van der Waals surface area contributed by atoms with Gasteiger partial charge >= 0.3 is 11.9 Å². The van der Waals surface area contributed by atoms with Gasteiger partial charge in [0.25, 0.3) is 0 Å². The lowest BCUT2D eigenvalue weighted by Crippen LogP contribution is -2.06. The van der Waals surface area contributed by atoms with Crippen molar-refractivity contribution in [1.29, 1.82) is 0 Å². The molecule has 1 aromatic rings. The van der Waals surface area contributed by atoms with Gasteiger partial charge in [0, 0.05) is 12.2 Å². The van der Waals surface area contributed by atoms with Crippen LogP contribution in [-0.4, -0.2) is 17.0 Å². The molecular formula is C13H12O4. The third-order valence-electron chi connectivity index (χ3n) is 1.91. The van der Waals surface area contributed by atoms with E-state index >= 15 is 0 Å². The van der Waals surface area contributed by atoms with Crippen LogP contribution >= 0.6 is 0 Å². The Morgan fingerprint density at radius 3 is 2.65 bits per heavy atom. The molecule has 0 atom stereocenters. The highest BCUT2D eigenvalue weighted by Crippen LogP contribution is 2.18. The second-order valence-electron chi connectivity index (χ2n) is 3.19. The lowest BCUT2D eigenvalue weighted by atomic mass is 10.1. The molecule has 0 heterocycles. The summed E-state index contributed by atoms with van der Waals surface area (Å²) in [6, 6.07) is 7.01. The Kier molecular flexibility index (Phi) is 4.69. The summed E-state index contributed by atoms with van der Waals surface area (Å²) in [6.45, 7) is 3.60. The highest BCUT2D eigenvalue weighted by Gasteiger charge is 2.05. The smallest absolute Gasteiger partial charge is 0.336 e. The van der Waals surface area contributed by atoms with Crippen LogP contribution in [0, 0.1) is 0 Å². The normalized spacial score (nSPS) is 10.1. The van der Waals surface area contributed by atoms with Crippen LogP contribution in [0.4, 0.5) is 0 Å². The summed E-state index contributed by atoms with van der Waals surface area (Å²) in [5.41, 5.74) is 0.819. The maximum absolute atomic E-state index is 11.3. The molecule has 0 bridgehead atoms. The van der Waals surface area contributed by atoms with E-state index in [4.69, 9.17) is 9.84 Å². The summed E-state index contributed by atoms with van der Waals surface area (Å²) in [4.78, 5) is 21.5.